The van der Waals surface area contributed by atoms with Gasteiger partial charge in [0.05, 0.1) is 12.0 Å². The molecule has 2 heterocycles. The van der Waals surface area contributed by atoms with Crippen molar-refractivity contribution in [3.05, 3.63) is 82.0 Å². The molecule has 0 saturated heterocycles. The van der Waals surface area contributed by atoms with Crippen LogP contribution < -0.4 is 0 Å². The van der Waals surface area contributed by atoms with Crippen molar-refractivity contribution < 1.29 is 4.42 Å². The van der Waals surface area contributed by atoms with Crippen LogP contribution in [-0.2, 0) is 5.75 Å². The summed E-state index contributed by atoms with van der Waals surface area (Å²) in [7, 11) is 0. The molecule has 0 fully saturated rings. The average Bonchev–Trinajstić information content (AvgIpc) is 3.32. The quantitative estimate of drug-likeness (QED) is 0.352. The Morgan fingerprint density at radius 3 is 2.52 bits per heavy atom. The lowest BCUT2D eigenvalue weighted by Gasteiger charge is -2.12. The zero-order valence-electron chi connectivity index (χ0n) is 14.4. The Hall–Kier alpha value is -2.21. The first-order valence-corrected chi connectivity index (χ1v) is 9.99. The molecular weight excluding hydrogens is 401 g/mol. The average molecular weight is 416 g/mol. The van der Waals surface area contributed by atoms with E-state index in [1.54, 1.807) is 18.0 Å². The fourth-order valence-electron chi connectivity index (χ4n) is 2.70. The number of thioether (sulfide) groups is 1. The largest absolute Gasteiger partial charge is 0.461 e. The molecule has 0 aliphatic carbocycles. The molecule has 2 aromatic carbocycles. The number of aryl methyl sites for hydroxylation is 1. The zero-order valence-corrected chi connectivity index (χ0v) is 16.7. The van der Waals surface area contributed by atoms with Crippen LogP contribution in [0.3, 0.4) is 0 Å². The summed E-state index contributed by atoms with van der Waals surface area (Å²) in [6.45, 7) is 2.03. The van der Waals surface area contributed by atoms with E-state index in [2.05, 4.69) is 10.2 Å². The van der Waals surface area contributed by atoms with Gasteiger partial charge >= 0.3 is 0 Å². The normalized spacial score (nSPS) is 11.1. The topological polar surface area (TPSA) is 43.9 Å². The highest BCUT2D eigenvalue weighted by molar-refractivity contribution is 7.98. The Balaban J connectivity index is 1.75. The molecule has 0 aliphatic rings. The van der Waals surface area contributed by atoms with Gasteiger partial charge in [0.25, 0.3) is 0 Å². The van der Waals surface area contributed by atoms with E-state index in [0.717, 1.165) is 32.7 Å². The fraction of sp³-hybridized carbons (Fsp3) is 0.100. The van der Waals surface area contributed by atoms with Crippen molar-refractivity contribution in [1.29, 1.82) is 0 Å². The maximum absolute atomic E-state index is 6.25. The van der Waals surface area contributed by atoms with Crippen LogP contribution in [-0.4, -0.2) is 14.8 Å². The lowest BCUT2D eigenvalue weighted by molar-refractivity contribution is 0.575. The maximum atomic E-state index is 6.25. The minimum Gasteiger partial charge on any atom is -0.461 e. The van der Waals surface area contributed by atoms with Crippen LogP contribution in [0.4, 0.5) is 0 Å². The van der Waals surface area contributed by atoms with Gasteiger partial charge in [0.2, 0.25) is 5.82 Å². The van der Waals surface area contributed by atoms with Crippen LogP contribution in [0.15, 0.2) is 70.4 Å². The second kappa shape index (κ2) is 7.80. The summed E-state index contributed by atoms with van der Waals surface area (Å²) in [6, 6.07) is 17.3. The van der Waals surface area contributed by atoms with Gasteiger partial charge in [-0.3, -0.25) is 4.57 Å². The van der Waals surface area contributed by atoms with Gasteiger partial charge in [-0.05, 0) is 54.4 Å². The first-order chi connectivity index (χ1) is 13.1. The minimum absolute atomic E-state index is 0.643. The van der Waals surface area contributed by atoms with Gasteiger partial charge in [-0.25, -0.2) is 0 Å². The molecule has 0 spiro atoms. The molecule has 4 nitrogen and oxygen atoms in total. The van der Waals surface area contributed by atoms with Gasteiger partial charge < -0.3 is 4.42 Å². The molecule has 0 aliphatic heterocycles. The number of hydrogen-bond donors (Lipinski definition) is 0. The van der Waals surface area contributed by atoms with Crippen molar-refractivity contribution in [3.8, 4) is 17.3 Å². The Labute approximate surface area is 171 Å². The van der Waals surface area contributed by atoms with E-state index < -0.39 is 0 Å². The maximum Gasteiger partial charge on any atom is 0.205 e. The third-order valence-corrected chi connectivity index (χ3v) is 5.56. The first kappa shape index (κ1) is 18.2. The molecule has 4 rings (SSSR count). The van der Waals surface area contributed by atoms with Gasteiger partial charge in [0, 0.05) is 15.8 Å². The highest BCUT2D eigenvalue weighted by atomic mass is 35.5. The van der Waals surface area contributed by atoms with E-state index in [1.165, 1.54) is 0 Å². The molecule has 0 N–H and O–H groups in total. The zero-order chi connectivity index (χ0) is 18.8. The molecule has 0 saturated carbocycles. The molecule has 2 aromatic heterocycles. The SMILES string of the molecule is Cc1ccc(Cl)cc1-n1c(SCc2ccc(Cl)cc2)nnc1-c1ccco1. The van der Waals surface area contributed by atoms with Crippen LogP contribution in [0.2, 0.25) is 10.0 Å². The van der Waals surface area contributed by atoms with Crippen LogP contribution in [0.5, 0.6) is 0 Å². The van der Waals surface area contributed by atoms with Gasteiger partial charge in [-0.1, -0.05) is 53.2 Å². The molecule has 0 radical (unpaired) electrons. The predicted octanol–water partition coefficient (Wildman–Crippen LogP) is 6.43. The number of hydrogen-bond acceptors (Lipinski definition) is 4. The summed E-state index contributed by atoms with van der Waals surface area (Å²) in [4.78, 5) is 0. The standard InChI is InChI=1S/C20H15Cl2N3OS/c1-13-4-7-16(22)11-17(13)25-19(18-3-2-10-26-18)23-24-20(25)27-12-14-5-8-15(21)9-6-14/h2-11H,12H2,1H3. The molecular formula is C20H15Cl2N3OS. The van der Waals surface area contributed by atoms with Crippen molar-refractivity contribution in [2.24, 2.45) is 0 Å². The lowest BCUT2D eigenvalue weighted by Crippen LogP contribution is -2.02. The Bertz CT molecular complexity index is 1060. The molecule has 0 bridgehead atoms. The van der Waals surface area contributed by atoms with Crippen molar-refractivity contribution in [1.82, 2.24) is 14.8 Å². The van der Waals surface area contributed by atoms with Gasteiger partial charge in [0.1, 0.15) is 0 Å². The smallest absolute Gasteiger partial charge is 0.205 e. The summed E-state index contributed by atoms with van der Waals surface area (Å²) in [6.07, 6.45) is 1.62. The number of halogens is 2. The number of benzene rings is 2. The summed E-state index contributed by atoms with van der Waals surface area (Å²) in [5, 5.41) is 10.9. The Morgan fingerprint density at radius 1 is 1.00 bits per heavy atom. The molecule has 0 unspecified atom stereocenters. The van der Waals surface area contributed by atoms with E-state index in [4.69, 9.17) is 27.6 Å². The fourth-order valence-corrected chi connectivity index (χ4v) is 3.89. The van der Waals surface area contributed by atoms with Crippen molar-refractivity contribution in [2.75, 3.05) is 0 Å². The second-order valence-electron chi connectivity index (χ2n) is 5.96. The van der Waals surface area contributed by atoms with Gasteiger partial charge in [-0.2, -0.15) is 0 Å². The highest BCUT2D eigenvalue weighted by Crippen LogP contribution is 2.32. The van der Waals surface area contributed by atoms with Crippen molar-refractivity contribution in [2.45, 2.75) is 17.8 Å². The summed E-state index contributed by atoms with van der Waals surface area (Å²) in [5.74, 6) is 2.04. The number of furan rings is 1. The summed E-state index contributed by atoms with van der Waals surface area (Å²) >= 11 is 13.8. The van der Waals surface area contributed by atoms with Gasteiger partial charge in [-0.15, -0.1) is 10.2 Å². The number of aromatic nitrogens is 3. The van der Waals surface area contributed by atoms with E-state index in [0.29, 0.717) is 16.6 Å². The monoisotopic (exact) mass is 415 g/mol. The van der Waals surface area contributed by atoms with E-state index in [1.807, 2.05) is 66.1 Å². The molecule has 0 amide bonds. The van der Waals surface area contributed by atoms with E-state index >= 15 is 0 Å². The Morgan fingerprint density at radius 2 is 1.78 bits per heavy atom. The molecule has 4 aromatic rings. The molecule has 0 atom stereocenters. The number of nitrogens with zero attached hydrogens (tertiary/aromatic N) is 3. The molecule has 7 heteroatoms. The predicted molar refractivity (Wildman–Crippen MR) is 110 cm³/mol. The minimum atomic E-state index is 0.643. The third kappa shape index (κ3) is 3.90. The third-order valence-electron chi connectivity index (χ3n) is 4.07. The van der Waals surface area contributed by atoms with Crippen LogP contribution in [0.25, 0.3) is 17.3 Å². The lowest BCUT2D eigenvalue weighted by atomic mass is 10.2. The van der Waals surface area contributed by atoms with Crippen LogP contribution >= 0.6 is 35.0 Å². The van der Waals surface area contributed by atoms with E-state index in [9.17, 15) is 0 Å². The van der Waals surface area contributed by atoms with Crippen molar-refractivity contribution in [3.63, 3.8) is 0 Å². The summed E-state index contributed by atoms with van der Waals surface area (Å²) in [5.41, 5.74) is 3.15. The van der Waals surface area contributed by atoms with Crippen LogP contribution in [0.1, 0.15) is 11.1 Å². The second-order valence-corrected chi connectivity index (χ2v) is 7.78. The molecule has 27 heavy (non-hydrogen) atoms. The Kier molecular flexibility index (Phi) is 5.25. The van der Waals surface area contributed by atoms with Crippen molar-refractivity contribution >= 4 is 35.0 Å². The van der Waals surface area contributed by atoms with Crippen LogP contribution in [0, 0.1) is 6.92 Å². The molecule has 136 valence electrons. The van der Waals surface area contributed by atoms with E-state index in [-0.39, 0.29) is 0 Å². The number of rotatable bonds is 5. The summed E-state index contributed by atoms with van der Waals surface area (Å²) < 4.78 is 7.55. The van der Waals surface area contributed by atoms with Gasteiger partial charge in [0.15, 0.2) is 10.9 Å². The first-order valence-electron chi connectivity index (χ1n) is 8.25. The highest BCUT2D eigenvalue weighted by Gasteiger charge is 2.19.